The fraction of sp³-hybridized carbons (Fsp3) is 0.556. The summed E-state index contributed by atoms with van der Waals surface area (Å²) < 4.78 is 32.2. The van der Waals surface area contributed by atoms with Gasteiger partial charge in [0.25, 0.3) is 0 Å². The van der Waals surface area contributed by atoms with Crippen LogP contribution in [0.4, 0.5) is 13.6 Å². The number of carbonyl (C=O) groups excluding carboxylic acids is 1. The summed E-state index contributed by atoms with van der Waals surface area (Å²) in [6.45, 7) is 5.89. The van der Waals surface area contributed by atoms with Gasteiger partial charge < -0.3 is 14.7 Å². The number of carboxylic acid groups (broad SMARTS) is 1. The van der Waals surface area contributed by atoms with Gasteiger partial charge in [0, 0.05) is 18.5 Å². The normalized spacial score (nSPS) is 17.2. The van der Waals surface area contributed by atoms with Gasteiger partial charge in [-0.3, -0.25) is 4.79 Å². The van der Waals surface area contributed by atoms with E-state index >= 15 is 0 Å². The molecular weight excluding hydrogens is 332 g/mol. The first kappa shape index (κ1) is 19.1. The molecule has 0 radical (unpaired) electrons. The summed E-state index contributed by atoms with van der Waals surface area (Å²) in [5, 5.41) is 9.27. The van der Waals surface area contributed by atoms with E-state index in [0.717, 1.165) is 12.1 Å². The molecule has 25 heavy (non-hydrogen) atoms. The maximum absolute atomic E-state index is 13.6. The number of likely N-dealkylation sites (tertiary alicyclic amines) is 1. The number of nitrogens with zero attached hydrogens (tertiary/aromatic N) is 1. The van der Waals surface area contributed by atoms with Gasteiger partial charge >= 0.3 is 12.1 Å². The summed E-state index contributed by atoms with van der Waals surface area (Å²) in [5.41, 5.74) is -1.01. The maximum Gasteiger partial charge on any atom is 0.410 e. The minimum atomic E-state index is -1.02. The molecule has 0 atom stereocenters. The molecule has 0 saturated carbocycles. The van der Waals surface area contributed by atoms with Crippen LogP contribution in [0.1, 0.15) is 45.6 Å². The Balaban J connectivity index is 2.20. The van der Waals surface area contributed by atoms with Gasteiger partial charge in [0.15, 0.2) is 11.6 Å². The summed E-state index contributed by atoms with van der Waals surface area (Å²) >= 11 is 0. The first-order valence-electron chi connectivity index (χ1n) is 8.18. The molecule has 0 bridgehead atoms. The van der Waals surface area contributed by atoms with Crippen LogP contribution in [0.25, 0.3) is 0 Å². The molecule has 0 spiro atoms. The zero-order chi connectivity index (χ0) is 18.8. The van der Waals surface area contributed by atoms with Gasteiger partial charge in [-0.2, -0.15) is 0 Å². The second-order valence-corrected chi connectivity index (χ2v) is 7.45. The average molecular weight is 355 g/mol. The zero-order valence-electron chi connectivity index (χ0n) is 14.6. The molecule has 0 unspecified atom stereocenters. The Bertz CT molecular complexity index is 662. The lowest BCUT2D eigenvalue weighted by Gasteiger charge is -2.41. The minimum absolute atomic E-state index is 0.208. The average Bonchev–Trinajstić information content (AvgIpc) is 2.48. The number of carbonyl (C=O) groups is 2. The number of benzene rings is 1. The maximum atomic E-state index is 13.6. The Morgan fingerprint density at radius 3 is 2.28 bits per heavy atom. The summed E-state index contributed by atoms with van der Waals surface area (Å²) in [7, 11) is 0. The molecule has 1 fully saturated rings. The van der Waals surface area contributed by atoms with Crippen LogP contribution in [-0.4, -0.2) is 40.8 Å². The standard InChI is InChI=1S/C18H23F2NO4/c1-17(2,3)25-16(24)21-8-6-18(7-9-21,11-15(22)23)12-4-5-13(19)14(20)10-12/h4-5,10H,6-9,11H2,1-3H3,(H,22,23). The Morgan fingerprint density at radius 1 is 1.20 bits per heavy atom. The smallest absolute Gasteiger partial charge is 0.410 e. The third-order valence-corrected chi connectivity index (χ3v) is 4.39. The molecule has 1 aromatic carbocycles. The molecule has 5 nitrogen and oxygen atoms in total. The molecule has 1 aliphatic heterocycles. The number of amides is 1. The van der Waals surface area contributed by atoms with Gasteiger partial charge in [-0.1, -0.05) is 6.07 Å². The summed E-state index contributed by atoms with van der Waals surface area (Å²) in [4.78, 5) is 25.0. The Labute approximate surface area is 145 Å². The number of aliphatic carboxylic acids is 1. The number of ether oxygens (including phenoxy) is 1. The van der Waals surface area contributed by atoms with E-state index in [1.807, 2.05) is 0 Å². The van der Waals surface area contributed by atoms with E-state index < -0.39 is 34.7 Å². The van der Waals surface area contributed by atoms with Gasteiger partial charge in [0.2, 0.25) is 0 Å². The third kappa shape index (κ3) is 4.67. The molecule has 2 rings (SSSR count). The van der Waals surface area contributed by atoms with E-state index in [1.54, 1.807) is 20.8 Å². The number of carboxylic acids is 1. The Morgan fingerprint density at radius 2 is 1.80 bits per heavy atom. The van der Waals surface area contributed by atoms with Crippen LogP contribution in [0.15, 0.2) is 18.2 Å². The number of piperidine rings is 1. The number of hydrogen-bond donors (Lipinski definition) is 1. The van der Waals surface area contributed by atoms with E-state index in [2.05, 4.69) is 0 Å². The summed E-state index contributed by atoms with van der Waals surface area (Å²) in [6, 6.07) is 3.49. The van der Waals surface area contributed by atoms with Crippen molar-refractivity contribution in [1.82, 2.24) is 4.90 Å². The second-order valence-electron chi connectivity index (χ2n) is 7.45. The van der Waals surface area contributed by atoms with E-state index in [9.17, 15) is 23.5 Å². The molecule has 1 N–H and O–H groups in total. The van der Waals surface area contributed by atoms with Crippen molar-refractivity contribution in [1.29, 1.82) is 0 Å². The van der Waals surface area contributed by atoms with E-state index in [4.69, 9.17) is 4.74 Å². The van der Waals surface area contributed by atoms with Crippen molar-refractivity contribution in [3.8, 4) is 0 Å². The molecular formula is C18H23F2NO4. The monoisotopic (exact) mass is 355 g/mol. The Kier molecular flexibility index (Phi) is 5.34. The lowest BCUT2D eigenvalue weighted by molar-refractivity contribution is -0.139. The van der Waals surface area contributed by atoms with Crippen LogP contribution in [0.2, 0.25) is 0 Å². The van der Waals surface area contributed by atoms with Crippen molar-refractivity contribution in [2.45, 2.75) is 51.0 Å². The number of rotatable bonds is 3. The number of hydrogen-bond acceptors (Lipinski definition) is 3. The zero-order valence-corrected chi connectivity index (χ0v) is 14.6. The first-order chi connectivity index (χ1) is 11.5. The lowest BCUT2D eigenvalue weighted by Crippen LogP contribution is -2.47. The van der Waals surface area contributed by atoms with Crippen LogP contribution < -0.4 is 0 Å². The van der Waals surface area contributed by atoms with Crippen molar-refractivity contribution < 1.29 is 28.2 Å². The van der Waals surface area contributed by atoms with Crippen molar-refractivity contribution in [3.63, 3.8) is 0 Å². The highest BCUT2D eigenvalue weighted by Gasteiger charge is 2.40. The lowest BCUT2D eigenvalue weighted by atomic mass is 9.70. The van der Waals surface area contributed by atoms with E-state index in [-0.39, 0.29) is 6.42 Å². The fourth-order valence-corrected chi connectivity index (χ4v) is 3.13. The molecule has 1 aliphatic rings. The van der Waals surface area contributed by atoms with Gasteiger partial charge in [0.05, 0.1) is 6.42 Å². The van der Waals surface area contributed by atoms with Crippen LogP contribution in [0.3, 0.4) is 0 Å². The molecule has 7 heteroatoms. The predicted molar refractivity (Wildman–Crippen MR) is 87.3 cm³/mol. The Hall–Kier alpha value is -2.18. The highest BCUT2D eigenvalue weighted by Crippen LogP contribution is 2.39. The highest BCUT2D eigenvalue weighted by atomic mass is 19.2. The second kappa shape index (κ2) is 6.98. The van der Waals surface area contributed by atoms with Gasteiger partial charge in [-0.25, -0.2) is 13.6 Å². The van der Waals surface area contributed by atoms with Gasteiger partial charge in [0.1, 0.15) is 5.60 Å². The van der Waals surface area contributed by atoms with Crippen LogP contribution >= 0.6 is 0 Å². The topological polar surface area (TPSA) is 66.8 Å². The molecule has 1 aromatic rings. The largest absolute Gasteiger partial charge is 0.481 e. The molecule has 138 valence electrons. The summed E-state index contributed by atoms with van der Waals surface area (Å²) in [6.07, 6.45) is 0.00899. The van der Waals surface area contributed by atoms with Crippen LogP contribution in [-0.2, 0) is 14.9 Å². The van der Waals surface area contributed by atoms with Crippen molar-refractivity contribution in [3.05, 3.63) is 35.4 Å². The van der Waals surface area contributed by atoms with E-state index in [0.29, 0.717) is 31.5 Å². The summed E-state index contributed by atoms with van der Waals surface area (Å²) in [5.74, 6) is -2.99. The fourth-order valence-electron chi connectivity index (χ4n) is 3.13. The van der Waals surface area contributed by atoms with Crippen LogP contribution in [0, 0.1) is 11.6 Å². The third-order valence-electron chi connectivity index (χ3n) is 4.39. The quantitative estimate of drug-likeness (QED) is 0.898. The predicted octanol–water partition coefficient (Wildman–Crippen LogP) is 3.71. The molecule has 1 saturated heterocycles. The molecule has 0 aliphatic carbocycles. The molecule has 0 aromatic heterocycles. The van der Waals surface area contributed by atoms with Crippen molar-refractivity contribution in [2.75, 3.05) is 13.1 Å². The van der Waals surface area contributed by atoms with Crippen LogP contribution in [0.5, 0.6) is 0 Å². The SMILES string of the molecule is CC(C)(C)OC(=O)N1CCC(CC(=O)O)(c2ccc(F)c(F)c2)CC1. The van der Waals surface area contributed by atoms with E-state index in [1.165, 1.54) is 11.0 Å². The number of halogens is 2. The first-order valence-corrected chi connectivity index (χ1v) is 8.18. The van der Waals surface area contributed by atoms with Crippen molar-refractivity contribution >= 4 is 12.1 Å². The molecule has 1 heterocycles. The minimum Gasteiger partial charge on any atom is -0.481 e. The van der Waals surface area contributed by atoms with Crippen molar-refractivity contribution in [2.24, 2.45) is 0 Å². The van der Waals surface area contributed by atoms with Gasteiger partial charge in [-0.05, 0) is 51.3 Å². The molecule has 1 amide bonds. The van der Waals surface area contributed by atoms with Gasteiger partial charge in [-0.15, -0.1) is 0 Å². The highest BCUT2D eigenvalue weighted by molar-refractivity contribution is 5.70.